The molecule has 0 saturated heterocycles. The Balaban J connectivity index is 2.87. The van der Waals surface area contributed by atoms with Gasteiger partial charge in [0.2, 0.25) is 0 Å². The molecule has 0 aromatic carbocycles. The van der Waals surface area contributed by atoms with Gasteiger partial charge in [0, 0.05) is 13.6 Å². The molecule has 1 rings (SSSR count). The highest BCUT2D eigenvalue weighted by molar-refractivity contribution is 9.11. The number of halogens is 1. The van der Waals surface area contributed by atoms with Gasteiger partial charge in [0.05, 0.1) is 3.79 Å². The van der Waals surface area contributed by atoms with Gasteiger partial charge in [-0.3, -0.25) is 0 Å². The zero-order chi connectivity index (χ0) is 13.2. The Morgan fingerprint density at radius 1 is 1.47 bits per heavy atom. The van der Waals surface area contributed by atoms with Crippen molar-refractivity contribution < 1.29 is 8.42 Å². The molecule has 0 unspecified atom stereocenters. The predicted octanol–water partition coefficient (Wildman–Crippen LogP) is 3.49. The minimum atomic E-state index is -3.31. The summed E-state index contributed by atoms with van der Waals surface area (Å²) in [7, 11) is -1.67. The maximum Gasteiger partial charge on any atom is 0.252 e. The van der Waals surface area contributed by atoms with E-state index in [1.165, 1.54) is 15.6 Å². The number of hydrogen-bond donors (Lipinski definition) is 0. The lowest BCUT2D eigenvalue weighted by molar-refractivity contribution is 0.429. The van der Waals surface area contributed by atoms with Crippen LogP contribution in [0.25, 0.3) is 0 Å². The second kappa shape index (κ2) is 5.82. The zero-order valence-electron chi connectivity index (χ0n) is 10.5. The van der Waals surface area contributed by atoms with Gasteiger partial charge in [0.25, 0.3) is 10.0 Å². The third-order valence-electron chi connectivity index (χ3n) is 2.52. The molecule has 0 fully saturated rings. The van der Waals surface area contributed by atoms with Crippen LogP contribution in [-0.4, -0.2) is 26.3 Å². The Labute approximate surface area is 116 Å². The minimum absolute atomic E-state index is 0.410. The molecule has 17 heavy (non-hydrogen) atoms. The highest BCUT2D eigenvalue weighted by Gasteiger charge is 2.23. The van der Waals surface area contributed by atoms with Crippen molar-refractivity contribution in [3.63, 3.8) is 0 Å². The second-order valence-electron chi connectivity index (χ2n) is 4.53. The molecule has 6 heteroatoms. The third-order valence-corrected chi connectivity index (χ3v) is 6.96. The highest BCUT2D eigenvalue weighted by Crippen LogP contribution is 2.32. The molecule has 0 bridgehead atoms. The van der Waals surface area contributed by atoms with Gasteiger partial charge in [-0.2, -0.15) is 0 Å². The van der Waals surface area contributed by atoms with E-state index in [4.69, 9.17) is 0 Å². The summed E-state index contributed by atoms with van der Waals surface area (Å²) in [5.41, 5.74) is 0.964. The Kier molecular flexibility index (Phi) is 5.19. The first-order valence-electron chi connectivity index (χ1n) is 5.47. The fourth-order valence-electron chi connectivity index (χ4n) is 1.27. The Morgan fingerprint density at radius 2 is 2.06 bits per heavy atom. The van der Waals surface area contributed by atoms with Crippen molar-refractivity contribution in [1.82, 2.24) is 4.31 Å². The first kappa shape index (κ1) is 15.1. The van der Waals surface area contributed by atoms with Crippen LogP contribution in [0.3, 0.4) is 0 Å². The molecule has 1 heterocycles. The summed E-state index contributed by atoms with van der Waals surface area (Å²) in [6, 6.07) is 1.72. The van der Waals surface area contributed by atoms with Gasteiger partial charge in [0.1, 0.15) is 4.21 Å². The smallest absolute Gasteiger partial charge is 0.206 e. The first-order chi connectivity index (χ1) is 7.75. The molecule has 98 valence electrons. The van der Waals surface area contributed by atoms with Gasteiger partial charge in [-0.1, -0.05) is 13.8 Å². The number of aryl methyl sites for hydroxylation is 1. The lowest BCUT2D eigenvalue weighted by Crippen LogP contribution is -2.28. The molecule has 0 saturated carbocycles. The summed E-state index contributed by atoms with van der Waals surface area (Å²) in [5.74, 6) is 0.504. The Bertz CT molecular complexity index is 460. The van der Waals surface area contributed by atoms with Gasteiger partial charge >= 0.3 is 0 Å². The molecule has 0 aliphatic rings. The molecule has 0 spiro atoms. The van der Waals surface area contributed by atoms with Crippen LogP contribution >= 0.6 is 27.3 Å². The number of nitrogens with zero attached hydrogens (tertiary/aromatic N) is 1. The molecule has 1 aromatic heterocycles. The molecule has 0 amide bonds. The molecule has 0 N–H and O–H groups in total. The van der Waals surface area contributed by atoms with Crippen molar-refractivity contribution in [3.8, 4) is 0 Å². The molecule has 0 atom stereocenters. The standard InChI is InChI=1S/C11H18BrNO2S2/c1-8(2)5-6-13(4)17(14,15)10-7-9(3)11(12)16-10/h7-8H,5-6H2,1-4H3. The van der Waals surface area contributed by atoms with E-state index in [-0.39, 0.29) is 0 Å². The van der Waals surface area contributed by atoms with Gasteiger partial charge in [-0.05, 0) is 46.8 Å². The van der Waals surface area contributed by atoms with E-state index in [1.54, 1.807) is 13.1 Å². The summed E-state index contributed by atoms with van der Waals surface area (Å²) in [5, 5.41) is 0. The van der Waals surface area contributed by atoms with E-state index in [2.05, 4.69) is 29.8 Å². The monoisotopic (exact) mass is 339 g/mol. The summed E-state index contributed by atoms with van der Waals surface area (Å²) >= 11 is 4.63. The second-order valence-corrected chi connectivity index (χ2v) is 9.17. The van der Waals surface area contributed by atoms with Gasteiger partial charge in [0.15, 0.2) is 0 Å². The molecule has 0 aliphatic heterocycles. The molecule has 0 aliphatic carbocycles. The lowest BCUT2D eigenvalue weighted by Gasteiger charge is -2.16. The average molecular weight is 340 g/mol. The normalized spacial score (nSPS) is 12.6. The van der Waals surface area contributed by atoms with E-state index in [1.807, 2.05) is 6.92 Å². The van der Waals surface area contributed by atoms with E-state index < -0.39 is 10.0 Å². The molecule has 0 radical (unpaired) electrons. The topological polar surface area (TPSA) is 37.4 Å². The molecular formula is C11H18BrNO2S2. The minimum Gasteiger partial charge on any atom is -0.206 e. The maximum absolute atomic E-state index is 12.2. The number of hydrogen-bond acceptors (Lipinski definition) is 3. The van der Waals surface area contributed by atoms with E-state index >= 15 is 0 Å². The van der Waals surface area contributed by atoms with Crippen LogP contribution in [0.4, 0.5) is 0 Å². The molecule has 1 aromatic rings. The summed E-state index contributed by atoms with van der Waals surface area (Å²) in [4.78, 5) is 0. The molecular weight excluding hydrogens is 322 g/mol. The van der Waals surface area contributed by atoms with Gasteiger partial charge in [-0.15, -0.1) is 11.3 Å². The van der Waals surface area contributed by atoms with Crippen molar-refractivity contribution in [3.05, 3.63) is 15.4 Å². The number of sulfonamides is 1. The van der Waals surface area contributed by atoms with Crippen LogP contribution in [0.2, 0.25) is 0 Å². The van der Waals surface area contributed by atoms with E-state index in [0.29, 0.717) is 16.7 Å². The number of rotatable bonds is 5. The first-order valence-corrected chi connectivity index (χ1v) is 8.52. The van der Waals surface area contributed by atoms with Crippen molar-refractivity contribution >= 4 is 37.3 Å². The van der Waals surface area contributed by atoms with Gasteiger partial charge in [-0.25, -0.2) is 12.7 Å². The van der Waals surface area contributed by atoms with E-state index in [9.17, 15) is 8.42 Å². The van der Waals surface area contributed by atoms with Crippen LogP contribution < -0.4 is 0 Å². The van der Waals surface area contributed by atoms with Crippen LogP contribution in [-0.2, 0) is 10.0 Å². The summed E-state index contributed by atoms with van der Waals surface area (Å²) in [6.45, 7) is 6.64. The van der Waals surface area contributed by atoms with Crippen LogP contribution in [0.5, 0.6) is 0 Å². The highest BCUT2D eigenvalue weighted by atomic mass is 79.9. The Morgan fingerprint density at radius 3 is 2.47 bits per heavy atom. The van der Waals surface area contributed by atoms with Crippen LogP contribution in [0, 0.1) is 12.8 Å². The fourth-order valence-corrected chi connectivity index (χ4v) is 4.90. The third kappa shape index (κ3) is 3.77. The quantitative estimate of drug-likeness (QED) is 0.823. The maximum atomic E-state index is 12.2. The number of thiophene rings is 1. The van der Waals surface area contributed by atoms with Crippen molar-refractivity contribution in [1.29, 1.82) is 0 Å². The Hall–Kier alpha value is 0.0900. The fraction of sp³-hybridized carbons (Fsp3) is 0.636. The SMILES string of the molecule is Cc1cc(S(=O)(=O)N(C)CCC(C)C)sc1Br. The molecule has 3 nitrogen and oxygen atoms in total. The van der Waals surface area contributed by atoms with Crippen molar-refractivity contribution in [2.45, 2.75) is 31.4 Å². The lowest BCUT2D eigenvalue weighted by atomic mass is 10.1. The predicted molar refractivity (Wildman–Crippen MR) is 76.0 cm³/mol. The summed E-state index contributed by atoms with van der Waals surface area (Å²) < 4.78 is 27.2. The van der Waals surface area contributed by atoms with Crippen LogP contribution in [0.15, 0.2) is 14.1 Å². The van der Waals surface area contributed by atoms with E-state index in [0.717, 1.165) is 15.8 Å². The zero-order valence-corrected chi connectivity index (χ0v) is 13.7. The van der Waals surface area contributed by atoms with Crippen molar-refractivity contribution in [2.24, 2.45) is 5.92 Å². The van der Waals surface area contributed by atoms with Crippen molar-refractivity contribution in [2.75, 3.05) is 13.6 Å². The average Bonchev–Trinajstić information content (AvgIpc) is 2.56. The summed E-state index contributed by atoms with van der Waals surface area (Å²) in [6.07, 6.45) is 0.876. The largest absolute Gasteiger partial charge is 0.252 e. The van der Waals surface area contributed by atoms with Crippen LogP contribution in [0.1, 0.15) is 25.8 Å². The van der Waals surface area contributed by atoms with Gasteiger partial charge < -0.3 is 0 Å².